The Kier molecular flexibility index (Phi) is 8.01. The smallest absolute Gasteiger partial charge is 0.239 e. The van der Waals surface area contributed by atoms with E-state index >= 15 is 0 Å². The number of hydrogen-bond donors (Lipinski definition) is 1. The third kappa shape index (κ3) is 6.55. The van der Waals surface area contributed by atoms with Crippen LogP contribution in [0.2, 0.25) is 0 Å². The molecule has 0 saturated heterocycles. The van der Waals surface area contributed by atoms with E-state index in [4.69, 9.17) is 0 Å². The molecule has 2 rings (SSSR count). The summed E-state index contributed by atoms with van der Waals surface area (Å²) >= 11 is 3.20. The van der Waals surface area contributed by atoms with Gasteiger partial charge in [0, 0.05) is 17.2 Å². The lowest BCUT2D eigenvalue weighted by molar-refractivity contribution is -0.133. The van der Waals surface area contributed by atoms with Crippen molar-refractivity contribution in [2.24, 2.45) is 0 Å². The number of rotatable bonds is 9. The van der Waals surface area contributed by atoms with Crippen molar-refractivity contribution in [1.29, 1.82) is 0 Å². The molecular formula is C19H24N2O2S2. The van der Waals surface area contributed by atoms with Crippen LogP contribution in [-0.4, -0.2) is 35.6 Å². The molecule has 0 bridgehead atoms. The monoisotopic (exact) mass is 376 g/mol. The van der Waals surface area contributed by atoms with Crippen molar-refractivity contribution in [3.63, 3.8) is 0 Å². The van der Waals surface area contributed by atoms with E-state index in [-0.39, 0.29) is 18.4 Å². The van der Waals surface area contributed by atoms with Crippen LogP contribution in [0.15, 0.2) is 41.8 Å². The summed E-state index contributed by atoms with van der Waals surface area (Å²) in [6.45, 7) is 5.15. The highest BCUT2D eigenvalue weighted by Gasteiger charge is 2.15. The van der Waals surface area contributed by atoms with Crippen LogP contribution in [0, 0.1) is 6.92 Å². The first-order valence-corrected chi connectivity index (χ1v) is 10.3. The van der Waals surface area contributed by atoms with E-state index in [0.29, 0.717) is 18.8 Å². The molecule has 2 aromatic rings. The predicted octanol–water partition coefficient (Wildman–Crippen LogP) is 3.45. The second kappa shape index (κ2) is 10.3. The Hall–Kier alpha value is -1.79. The largest absolute Gasteiger partial charge is 0.350 e. The lowest BCUT2D eigenvalue weighted by Crippen LogP contribution is -2.41. The van der Waals surface area contributed by atoms with Crippen molar-refractivity contribution >= 4 is 34.9 Å². The molecule has 0 unspecified atom stereocenters. The SMILES string of the molecule is CCN(CC(=O)NCc1cccs1)C(=O)CSCc1ccccc1C. The maximum atomic E-state index is 12.3. The average molecular weight is 377 g/mol. The zero-order valence-electron chi connectivity index (χ0n) is 14.7. The Labute approximate surface area is 157 Å². The molecule has 0 atom stereocenters. The number of nitrogens with zero attached hydrogens (tertiary/aromatic N) is 1. The molecule has 0 saturated carbocycles. The van der Waals surface area contributed by atoms with Crippen molar-refractivity contribution in [2.45, 2.75) is 26.1 Å². The van der Waals surface area contributed by atoms with E-state index in [1.54, 1.807) is 28.0 Å². The molecule has 1 N–H and O–H groups in total. The number of benzene rings is 1. The van der Waals surface area contributed by atoms with Crippen molar-refractivity contribution in [3.05, 3.63) is 57.8 Å². The summed E-state index contributed by atoms with van der Waals surface area (Å²) in [5.41, 5.74) is 2.49. The standard InChI is InChI=1S/C19H24N2O2S2/c1-3-21(12-18(22)20-11-17-9-6-10-25-17)19(23)14-24-13-16-8-5-4-7-15(16)2/h4-10H,3,11-14H2,1-2H3,(H,20,22). The maximum Gasteiger partial charge on any atom is 0.239 e. The number of carbonyl (C=O) groups is 2. The number of likely N-dealkylation sites (N-methyl/N-ethyl adjacent to an activating group) is 1. The Morgan fingerprint density at radius 1 is 1.20 bits per heavy atom. The molecule has 25 heavy (non-hydrogen) atoms. The van der Waals surface area contributed by atoms with Gasteiger partial charge in [0.25, 0.3) is 0 Å². The summed E-state index contributed by atoms with van der Waals surface area (Å²) in [5, 5.41) is 4.85. The molecule has 6 heteroatoms. The summed E-state index contributed by atoms with van der Waals surface area (Å²) in [5.74, 6) is 1.08. The minimum Gasteiger partial charge on any atom is -0.350 e. The van der Waals surface area contributed by atoms with E-state index in [0.717, 1.165) is 10.6 Å². The molecule has 134 valence electrons. The zero-order chi connectivity index (χ0) is 18.1. The first kappa shape index (κ1) is 19.5. The van der Waals surface area contributed by atoms with Gasteiger partial charge in [0.1, 0.15) is 0 Å². The van der Waals surface area contributed by atoms with Gasteiger partial charge in [-0.05, 0) is 36.4 Å². The van der Waals surface area contributed by atoms with Crippen LogP contribution in [0.5, 0.6) is 0 Å². The molecule has 0 fully saturated rings. The third-order valence-electron chi connectivity index (χ3n) is 3.85. The van der Waals surface area contributed by atoms with E-state index in [2.05, 4.69) is 24.4 Å². The van der Waals surface area contributed by atoms with Crippen LogP contribution in [-0.2, 0) is 21.9 Å². The third-order valence-corrected chi connectivity index (χ3v) is 5.70. The Bertz CT molecular complexity index is 686. The fourth-order valence-corrected chi connectivity index (χ4v) is 3.96. The molecule has 4 nitrogen and oxygen atoms in total. The average Bonchev–Trinajstić information content (AvgIpc) is 3.13. The van der Waals surface area contributed by atoms with E-state index < -0.39 is 0 Å². The molecule has 0 aliphatic heterocycles. The molecular weight excluding hydrogens is 352 g/mol. The Morgan fingerprint density at radius 2 is 2.00 bits per heavy atom. The molecule has 0 spiro atoms. The Morgan fingerprint density at radius 3 is 2.68 bits per heavy atom. The minimum atomic E-state index is -0.118. The number of aryl methyl sites for hydroxylation is 1. The van der Waals surface area contributed by atoms with Gasteiger partial charge < -0.3 is 10.2 Å². The summed E-state index contributed by atoms with van der Waals surface area (Å²) in [4.78, 5) is 27.1. The number of thioether (sulfide) groups is 1. The van der Waals surface area contributed by atoms with E-state index in [1.807, 2.05) is 36.6 Å². The number of thiophene rings is 1. The van der Waals surface area contributed by atoms with Gasteiger partial charge in [-0.25, -0.2) is 0 Å². The molecule has 0 radical (unpaired) electrons. The second-order valence-corrected chi connectivity index (χ2v) is 7.70. The normalized spacial score (nSPS) is 10.5. The van der Waals surface area contributed by atoms with Gasteiger partial charge in [0.15, 0.2) is 0 Å². The fraction of sp³-hybridized carbons (Fsp3) is 0.368. The van der Waals surface area contributed by atoms with Gasteiger partial charge in [-0.15, -0.1) is 23.1 Å². The highest BCUT2D eigenvalue weighted by molar-refractivity contribution is 7.99. The van der Waals surface area contributed by atoms with Gasteiger partial charge in [0.05, 0.1) is 18.8 Å². The maximum absolute atomic E-state index is 12.3. The van der Waals surface area contributed by atoms with Crippen molar-refractivity contribution in [3.8, 4) is 0 Å². The van der Waals surface area contributed by atoms with Crippen LogP contribution in [0.4, 0.5) is 0 Å². The van der Waals surface area contributed by atoms with E-state index in [1.165, 1.54) is 11.1 Å². The van der Waals surface area contributed by atoms with Crippen LogP contribution < -0.4 is 5.32 Å². The van der Waals surface area contributed by atoms with Crippen LogP contribution >= 0.6 is 23.1 Å². The summed E-state index contributed by atoms with van der Waals surface area (Å²) in [7, 11) is 0. The topological polar surface area (TPSA) is 49.4 Å². The first-order chi connectivity index (χ1) is 12.1. The van der Waals surface area contributed by atoms with Crippen molar-refractivity contribution < 1.29 is 9.59 Å². The highest BCUT2D eigenvalue weighted by atomic mass is 32.2. The zero-order valence-corrected chi connectivity index (χ0v) is 16.3. The van der Waals surface area contributed by atoms with Gasteiger partial charge in [-0.3, -0.25) is 9.59 Å². The first-order valence-electron chi connectivity index (χ1n) is 8.29. The lowest BCUT2D eigenvalue weighted by Gasteiger charge is -2.20. The number of amides is 2. The fourth-order valence-electron chi connectivity index (χ4n) is 2.32. The van der Waals surface area contributed by atoms with Crippen LogP contribution in [0.25, 0.3) is 0 Å². The molecule has 1 aromatic carbocycles. The molecule has 1 aromatic heterocycles. The lowest BCUT2D eigenvalue weighted by atomic mass is 10.1. The summed E-state index contributed by atoms with van der Waals surface area (Å²) < 4.78 is 0. The van der Waals surface area contributed by atoms with Gasteiger partial charge in [-0.2, -0.15) is 0 Å². The Balaban J connectivity index is 1.74. The molecule has 1 heterocycles. The summed E-state index contributed by atoms with van der Waals surface area (Å²) in [6.07, 6.45) is 0. The van der Waals surface area contributed by atoms with Gasteiger partial charge in [-0.1, -0.05) is 30.3 Å². The number of hydrogen-bond acceptors (Lipinski definition) is 4. The van der Waals surface area contributed by atoms with Gasteiger partial charge >= 0.3 is 0 Å². The highest BCUT2D eigenvalue weighted by Crippen LogP contribution is 2.16. The molecule has 0 aliphatic rings. The minimum absolute atomic E-state index is 0.00681. The van der Waals surface area contributed by atoms with Gasteiger partial charge in [0.2, 0.25) is 11.8 Å². The van der Waals surface area contributed by atoms with Crippen LogP contribution in [0.3, 0.4) is 0 Å². The number of carbonyl (C=O) groups excluding carboxylic acids is 2. The van der Waals surface area contributed by atoms with Crippen molar-refractivity contribution in [2.75, 3.05) is 18.8 Å². The molecule has 2 amide bonds. The second-order valence-electron chi connectivity index (χ2n) is 5.68. The van der Waals surface area contributed by atoms with Crippen molar-refractivity contribution in [1.82, 2.24) is 10.2 Å². The van der Waals surface area contributed by atoms with E-state index in [9.17, 15) is 9.59 Å². The molecule has 0 aliphatic carbocycles. The quantitative estimate of drug-likeness (QED) is 0.729. The van der Waals surface area contributed by atoms with Crippen LogP contribution in [0.1, 0.15) is 22.9 Å². The number of nitrogens with one attached hydrogen (secondary N) is 1. The predicted molar refractivity (Wildman–Crippen MR) is 106 cm³/mol. The summed E-state index contributed by atoms with van der Waals surface area (Å²) in [6, 6.07) is 12.1.